The molecule has 13 nitrogen and oxygen atoms in total. The van der Waals surface area contributed by atoms with Gasteiger partial charge in [-0.15, -0.1) is 0 Å². The van der Waals surface area contributed by atoms with Crippen LogP contribution in [0.15, 0.2) is 90.1 Å². The van der Waals surface area contributed by atoms with Gasteiger partial charge < -0.3 is 10.6 Å². The molecular weight excluding hydrogens is 782 g/mol. The molecule has 0 saturated heterocycles. The second-order valence-electron chi connectivity index (χ2n) is 14.5. The van der Waals surface area contributed by atoms with E-state index in [0.29, 0.717) is 53.6 Å². The van der Waals surface area contributed by atoms with Crippen LogP contribution in [0.1, 0.15) is 59.9 Å². The SMILES string of the molecule is C[C@@]1(Cc2ccc(C#N)cc2)C(=O)N(c2cc(Cl)c(F)c(Cl)c2)c2ncc(C(=O)NC3(C(=O)NC4(c5ccc(-c6cccc(S(N)(=O)=O)c6)cn5)CC4)CC3)n21. The van der Waals surface area contributed by atoms with Gasteiger partial charge in [-0.25, -0.2) is 27.8 Å². The molecule has 0 unspecified atom stereocenters. The van der Waals surface area contributed by atoms with Gasteiger partial charge in [-0.05, 0) is 86.2 Å². The Morgan fingerprint density at radius 1 is 0.946 bits per heavy atom. The molecule has 8 rings (SSSR count). The Balaban J connectivity index is 1.06. The van der Waals surface area contributed by atoms with Crippen molar-refractivity contribution in [1.82, 2.24) is 25.2 Å². The standard InChI is InChI=1S/C39H31Cl2FN8O5S/c1-37(18-22-5-7-23(19-43)8-6-22)35(53)49(26-16-28(40)32(42)29(41)17-26)36-46-21-30(50(36)37)33(51)47-39(13-14-39)34(52)48-38(11-12-38)31-10-9-25(20-45-31)24-3-2-4-27(15-24)56(44,54)55/h2-10,15-17,20-21H,11-14,18H2,1H3,(H,47,51)(H,48,52)(H2,44,54,55)/t37-/m1/s1. The van der Waals surface area contributed by atoms with Crippen LogP contribution in [0.5, 0.6) is 0 Å². The molecule has 284 valence electrons. The number of fused-ring (bicyclic) bond motifs is 1. The van der Waals surface area contributed by atoms with Crippen molar-refractivity contribution in [2.24, 2.45) is 5.14 Å². The maximum absolute atomic E-state index is 14.4. The van der Waals surface area contributed by atoms with E-state index < -0.39 is 44.3 Å². The van der Waals surface area contributed by atoms with Crippen LogP contribution in [-0.4, -0.2) is 46.2 Å². The molecule has 2 fully saturated rings. The van der Waals surface area contributed by atoms with Gasteiger partial charge in [0.25, 0.3) is 11.8 Å². The largest absolute Gasteiger partial charge is 0.343 e. The van der Waals surface area contributed by atoms with E-state index in [0.717, 1.165) is 0 Å². The molecule has 5 aromatic rings. The smallest absolute Gasteiger partial charge is 0.270 e. The van der Waals surface area contributed by atoms with Gasteiger partial charge >= 0.3 is 0 Å². The number of primary sulfonamides is 1. The monoisotopic (exact) mass is 812 g/mol. The van der Waals surface area contributed by atoms with E-state index in [2.05, 4.69) is 26.7 Å². The third-order valence-corrected chi connectivity index (χ3v) is 12.0. The van der Waals surface area contributed by atoms with Crippen LogP contribution in [0.4, 0.5) is 16.0 Å². The molecule has 3 heterocycles. The summed E-state index contributed by atoms with van der Waals surface area (Å²) in [5, 5.41) is 20.0. The lowest BCUT2D eigenvalue weighted by Crippen LogP contribution is -2.52. The molecule has 0 radical (unpaired) electrons. The lowest BCUT2D eigenvalue weighted by atomic mass is 9.91. The maximum atomic E-state index is 14.4. The quantitative estimate of drug-likeness (QED) is 0.151. The van der Waals surface area contributed by atoms with Crippen molar-refractivity contribution in [3.05, 3.63) is 124 Å². The lowest BCUT2D eigenvalue weighted by molar-refractivity contribution is -0.125. The van der Waals surface area contributed by atoms with E-state index in [-0.39, 0.29) is 44.6 Å². The molecule has 17 heteroatoms. The summed E-state index contributed by atoms with van der Waals surface area (Å²) in [7, 11) is -3.89. The van der Waals surface area contributed by atoms with Gasteiger partial charge in [0.2, 0.25) is 21.9 Å². The number of carbonyl (C=O) groups excluding carboxylic acids is 3. The number of pyridine rings is 1. The Kier molecular flexibility index (Phi) is 8.81. The van der Waals surface area contributed by atoms with Crippen LogP contribution in [0.2, 0.25) is 10.0 Å². The molecule has 3 amide bonds. The number of halogens is 3. The Morgan fingerprint density at radius 2 is 1.64 bits per heavy atom. The molecule has 56 heavy (non-hydrogen) atoms. The third kappa shape index (κ3) is 6.38. The fraction of sp³-hybridized carbons (Fsp3) is 0.231. The first-order valence-corrected chi connectivity index (χ1v) is 19.7. The average molecular weight is 814 g/mol. The molecule has 3 aromatic carbocycles. The number of rotatable bonds is 10. The van der Waals surface area contributed by atoms with E-state index in [9.17, 15) is 32.5 Å². The molecule has 2 saturated carbocycles. The molecule has 3 aliphatic rings. The second kappa shape index (κ2) is 13.2. The number of sulfonamides is 1. The minimum absolute atomic E-state index is 0.00951. The van der Waals surface area contributed by atoms with Gasteiger partial charge in [0, 0.05) is 18.2 Å². The fourth-order valence-electron chi connectivity index (χ4n) is 7.15. The summed E-state index contributed by atoms with van der Waals surface area (Å²) in [4.78, 5) is 52.8. The highest BCUT2D eigenvalue weighted by atomic mass is 35.5. The van der Waals surface area contributed by atoms with Gasteiger partial charge in [0.1, 0.15) is 16.8 Å². The lowest BCUT2D eigenvalue weighted by Gasteiger charge is -2.27. The molecule has 0 spiro atoms. The number of carbonyl (C=O) groups is 3. The highest BCUT2D eigenvalue weighted by molar-refractivity contribution is 7.89. The Labute approximate surface area is 330 Å². The molecule has 1 aliphatic heterocycles. The van der Waals surface area contributed by atoms with Crippen molar-refractivity contribution in [1.29, 1.82) is 5.26 Å². The van der Waals surface area contributed by atoms with E-state index in [1.165, 1.54) is 39.9 Å². The van der Waals surface area contributed by atoms with Gasteiger partial charge in [0.05, 0.1) is 49.7 Å². The number of benzene rings is 3. The highest BCUT2D eigenvalue weighted by Gasteiger charge is 2.57. The van der Waals surface area contributed by atoms with Crippen molar-refractivity contribution in [3.63, 3.8) is 0 Å². The van der Waals surface area contributed by atoms with Crippen LogP contribution in [0.3, 0.4) is 0 Å². The summed E-state index contributed by atoms with van der Waals surface area (Å²) in [5.41, 5.74) is -0.270. The summed E-state index contributed by atoms with van der Waals surface area (Å²) in [6, 6.07) is 21.0. The summed E-state index contributed by atoms with van der Waals surface area (Å²) in [6.07, 6.45) is 4.98. The summed E-state index contributed by atoms with van der Waals surface area (Å²) >= 11 is 12.3. The van der Waals surface area contributed by atoms with Gasteiger partial charge in [-0.3, -0.25) is 23.9 Å². The molecule has 2 aromatic heterocycles. The number of imidazole rings is 1. The number of hydrogen-bond acceptors (Lipinski definition) is 8. The average Bonchev–Trinajstić information content (AvgIpc) is 4.08. The zero-order valence-electron chi connectivity index (χ0n) is 29.5. The van der Waals surface area contributed by atoms with E-state index >= 15 is 0 Å². The number of nitriles is 1. The van der Waals surface area contributed by atoms with Crippen molar-refractivity contribution < 1.29 is 27.2 Å². The van der Waals surface area contributed by atoms with Crippen molar-refractivity contribution in [3.8, 4) is 17.2 Å². The fourth-order valence-corrected chi connectivity index (χ4v) is 8.18. The van der Waals surface area contributed by atoms with E-state index in [4.69, 9.17) is 28.3 Å². The number of hydrogen-bond donors (Lipinski definition) is 3. The molecule has 1 atom stereocenters. The van der Waals surface area contributed by atoms with E-state index in [1.54, 1.807) is 61.7 Å². The summed E-state index contributed by atoms with van der Waals surface area (Å²) in [5.74, 6) is -2.31. The minimum Gasteiger partial charge on any atom is -0.343 e. The maximum Gasteiger partial charge on any atom is 0.270 e. The van der Waals surface area contributed by atoms with Gasteiger partial charge in [-0.1, -0.05) is 53.5 Å². The number of nitrogens with zero attached hydrogens (tertiary/aromatic N) is 5. The number of nitrogens with one attached hydrogen (secondary N) is 2. The van der Waals surface area contributed by atoms with Crippen molar-refractivity contribution in [2.45, 2.75) is 60.5 Å². The Morgan fingerprint density at radius 3 is 2.23 bits per heavy atom. The van der Waals surface area contributed by atoms with Gasteiger partial charge in [-0.2, -0.15) is 5.26 Å². The van der Waals surface area contributed by atoms with Crippen LogP contribution < -0.4 is 20.7 Å². The molecular formula is C39H31Cl2FN8O5S. The third-order valence-electron chi connectivity index (χ3n) is 10.6. The zero-order chi connectivity index (χ0) is 39.8. The van der Waals surface area contributed by atoms with Crippen molar-refractivity contribution >= 4 is 62.6 Å². The number of amides is 3. The first kappa shape index (κ1) is 37.3. The topological polar surface area (TPSA) is 193 Å². The van der Waals surface area contributed by atoms with Crippen LogP contribution in [0, 0.1) is 17.1 Å². The normalized spacial score (nSPS) is 18.9. The minimum atomic E-state index is -3.89. The van der Waals surface area contributed by atoms with Crippen LogP contribution in [0.25, 0.3) is 11.1 Å². The Bertz CT molecular complexity index is 2620. The first-order valence-electron chi connectivity index (χ1n) is 17.4. The highest BCUT2D eigenvalue weighted by Crippen LogP contribution is 2.48. The predicted molar refractivity (Wildman–Crippen MR) is 204 cm³/mol. The van der Waals surface area contributed by atoms with Crippen LogP contribution in [-0.2, 0) is 37.1 Å². The summed E-state index contributed by atoms with van der Waals surface area (Å²) in [6.45, 7) is 1.65. The number of anilines is 2. The Hall–Kier alpha value is -5.66. The number of aromatic nitrogens is 3. The molecule has 4 N–H and O–H groups in total. The molecule has 0 bridgehead atoms. The first-order chi connectivity index (χ1) is 26.6. The van der Waals surface area contributed by atoms with Crippen molar-refractivity contribution in [2.75, 3.05) is 4.90 Å². The van der Waals surface area contributed by atoms with Crippen LogP contribution >= 0.6 is 23.2 Å². The van der Waals surface area contributed by atoms with E-state index in [1.807, 2.05) is 0 Å². The van der Waals surface area contributed by atoms with Gasteiger partial charge in [0.15, 0.2) is 5.82 Å². The zero-order valence-corrected chi connectivity index (χ0v) is 31.8. The summed E-state index contributed by atoms with van der Waals surface area (Å²) < 4.78 is 39.6. The predicted octanol–water partition coefficient (Wildman–Crippen LogP) is 5.61. The number of nitrogens with two attached hydrogens (primary N) is 1. The molecule has 2 aliphatic carbocycles. The second-order valence-corrected chi connectivity index (χ2v) is 16.9.